The Labute approximate surface area is 176 Å². The van der Waals surface area contributed by atoms with E-state index in [9.17, 15) is 9.59 Å². The third-order valence-corrected chi connectivity index (χ3v) is 4.92. The van der Waals surface area contributed by atoms with Crippen molar-refractivity contribution in [3.8, 4) is 17.2 Å². The molecule has 0 bridgehead atoms. The number of rotatable bonds is 9. The first-order valence-corrected chi connectivity index (χ1v) is 9.58. The third kappa shape index (κ3) is 4.87. The molecule has 30 heavy (non-hydrogen) atoms. The Morgan fingerprint density at radius 3 is 1.87 bits per heavy atom. The van der Waals surface area contributed by atoms with Crippen LogP contribution in [0.2, 0.25) is 0 Å². The van der Waals surface area contributed by atoms with E-state index in [1.165, 1.54) is 14.2 Å². The van der Waals surface area contributed by atoms with Crippen LogP contribution in [0.5, 0.6) is 17.2 Å². The van der Waals surface area contributed by atoms with Crippen molar-refractivity contribution in [2.45, 2.75) is 12.8 Å². The van der Waals surface area contributed by atoms with Crippen molar-refractivity contribution in [2.75, 3.05) is 21.3 Å². The minimum absolute atomic E-state index is 0.237. The maximum absolute atomic E-state index is 13.0. The summed E-state index contributed by atoms with van der Waals surface area (Å²) in [7, 11) is 4.63. The van der Waals surface area contributed by atoms with Crippen LogP contribution in [0.25, 0.3) is 0 Å². The van der Waals surface area contributed by atoms with Gasteiger partial charge in [0.15, 0.2) is 0 Å². The lowest BCUT2D eigenvalue weighted by atomic mass is 9.94. The second kappa shape index (κ2) is 9.74. The van der Waals surface area contributed by atoms with Crippen LogP contribution < -0.4 is 14.2 Å². The molecule has 0 atom stereocenters. The van der Waals surface area contributed by atoms with Gasteiger partial charge in [-0.3, -0.25) is 9.59 Å². The summed E-state index contributed by atoms with van der Waals surface area (Å²) in [5.74, 6) is 0.574. The number of Topliss-reactive ketones (excluding diaryl/α,β-unsaturated/α-hetero) is 2. The van der Waals surface area contributed by atoms with Gasteiger partial charge in [-0.05, 0) is 48.2 Å². The van der Waals surface area contributed by atoms with Crippen LogP contribution in [0.15, 0.2) is 66.7 Å². The Bertz CT molecular complexity index is 1020. The summed E-state index contributed by atoms with van der Waals surface area (Å²) in [6.45, 7) is 0. The highest BCUT2D eigenvalue weighted by atomic mass is 16.5. The summed E-state index contributed by atoms with van der Waals surface area (Å²) in [4.78, 5) is 25.9. The summed E-state index contributed by atoms with van der Waals surface area (Å²) in [5, 5.41) is 0. The van der Waals surface area contributed by atoms with E-state index in [0.717, 1.165) is 23.3 Å². The Morgan fingerprint density at radius 2 is 1.27 bits per heavy atom. The third-order valence-electron chi connectivity index (χ3n) is 4.92. The summed E-state index contributed by atoms with van der Waals surface area (Å²) in [6.07, 6.45) is 1.39. The van der Waals surface area contributed by atoms with E-state index in [1.54, 1.807) is 37.4 Å². The molecule has 0 amide bonds. The van der Waals surface area contributed by atoms with Crippen molar-refractivity contribution in [1.82, 2.24) is 0 Å². The van der Waals surface area contributed by atoms with Gasteiger partial charge in [-0.1, -0.05) is 36.4 Å². The van der Waals surface area contributed by atoms with Gasteiger partial charge in [-0.15, -0.1) is 0 Å². The van der Waals surface area contributed by atoms with Crippen molar-refractivity contribution >= 4 is 11.6 Å². The molecule has 0 aliphatic carbocycles. The van der Waals surface area contributed by atoms with Crippen LogP contribution in [0.3, 0.4) is 0 Å². The summed E-state index contributed by atoms with van der Waals surface area (Å²) in [5.41, 5.74) is 2.61. The lowest BCUT2D eigenvalue weighted by Crippen LogP contribution is -2.17. The minimum Gasteiger partial charge on any atom is -0.497 e. The van der Waals surface area contributed by atoms with Gasteiger partial charge in [0.25, 0.3) is 0 Å². The number of hydrogen-bond donors (Lipinski definition) is 0. The topological polar surface area (TPSA) is 61.8 Å². The zero-order valence-electron chi connectivity index (χ0n) is 17.3. The Balaban J connectivity index is 1.82. The molecule has 0 unspecified atom stereocenters. The van der Waals surface area contributed by atoms with Crippen molar-refractivity contribution in [3.63, 3.8) is 0 Å². The predicted octanol–water partition coefficient (Wildman–Crippen LogP) is 4.56. The molecule has 0 spiro atoms. The zero-order chi connectivity index (χ0) is 21.5. The zero-order valence-corrected chi connectivity index (χ0v) is 17.3. The van der Waals surface area contributed by atoms with Crippen LogP contribution in [0.1, 0.15) is 31.8 Å². The first-order valence-electron chi connectivity index (χ1n) is 9.58. The Hall–Kier alpha value is -3.60. The Morgan fingerprint density at radius 1 is 0.667 bits per heavy atom. The van der Waals surface area contributed by atoms with E-state index < -0.39 is 11.6 Å². The molecule has 3 aromatic carbocycles. The quantitative estimate of drug-likeness (QED) is 0.386. The van der Waals surface area contributed by atoms with Crippen molar-refractivity contribution in [3.05, 3.63) is 89.0 Å². The number of carbonyl (C=O) groups is 2. The van der Waals surface area contributed by atoms with Crippen LogP contribution in [0.4, 0.5) is 0 Å². The average Bonchev–Trinajstić information content (AvgIpc) is 2.81. The van der Waals surface area contributed by atoms with E-state index in [-0.39, 0.29) is 5.56 Å². The number of ether oxygens (including phenoxy) is 3. The number of benzene rings is 3. The number of ketones is 2. The van der Waals surface area contributed by atoms with Gasteiger partial charge < -0.3 is 14.2 Å². The van der Waals surface area contributed by atoms with E-state index >= 15 is 0 Å². The molecule has 0 fully saturated rings. The van der Waals surface area contributed by atoms with E-state index in [0.29, 0.717) is 23.5 Å². The van der Waals surface area contributed by atoms with Crippen molar-refractivity contribution in [1.29, 1.82) is 0 Å². The molecule has 0 heterocycles. The highest BCUT2D eigenvalue weighted by molar-refractivity contribution is 6.49. The summed E-state index contributed by atoms with van der Waals surface area (Å²) in [6, 6.07) is 19.8. The molecule has 0 aromatic heterocycles. The predicted molar refractivity (Wildman–Crippen MR) is 115 cm³/mol. The second-order valence-electron chi connectivity index (χ2n) is 6.76. The second-order valence-corrected chi connectivity index (χ2v) is 6.76. The smallest absolute Gasteiger partial charge is 0.233 e. The number of aryl methyl sites for hydroxylation is 2. The van der Waals surface area contributed by atoms with E-state index in [4.69, 9.17) is 14.2 Å². The lowest BCUT2D eigenvalue weighted by Gasteiger charge is -2.10. The van der Waals surface area contributed by atoms with Crippen LogP contribution in [-0.4, -0.2) is 32.9 Å². The number of hydrogen-bond acceptors (Lipinski definition) is 5. The van der Waals surface area contributed by atoms with Gasteiger partial charge in [0.05, 0.1) is 21.3 Å². The fourth-order valence-electron chi connectivity index (χ4n) is 3.22. The molecule has 0 saturated carbocycles. The molecule has 3 aromatic rings. The molecule has 0 N–H and O–H groups in total. The summed E-state index contributed by atoms with van der Waals surface area (Å²) < 4.78 is 15.6. The van der Waals surface area contributed by atoms with E-state index in [1.807, 2.05) is 36.4 Å². The molecule has 0 radical (unpaired) electrons. The molecular weight excluding hydrogens is 380 g/mol. The van der Waals surface area contributed by atoms with Crippen LogP contribution >= 0.6 is 0 Å². The maximum atomic E-state index is 13.0. The summed E-state index contributed by atoms with van der Waals surface area (Å²) >= 11 is 0. The first kappa shape index (κ1) is 21.1. The van der Waals surface area contributed by atoms with Crippen molar-refractivity contribution in [2.24, 2.45) is 0 Å². The molecule has 3 rings (SSSR count). The molecule has 0 aliphatic rings. The standard InChI is InChI=1S/C25H24O5/c1-28-20-12-9-17(10-13-20)8-11-18-6-4-5-7-23(18)25(27)24(26)19-14-21(29-2)16-22(15-19)30-3/h4-7,9-10,12-16H,8,11H2,1-3H3. The van der Waals surface area contributed by atoms with Crippen LogP contribution in [0, 0.1) is 0 Å². The highest BCUT2D eigenvalue weighted by Crippen LogP contribution is 2.24. The molecule has 5 heteroatoms. The number of methoxy groups -OCH3 is 3. The molecule has 0 aliphatic heterocycles. The molecular formula is C25H24O5. The van der Waals surface area contributed by atoms with Gasteiger partial charge in [-0.2, -0.15) is 0 Å². The fourth-order valence-corrected chi connectivity index (χ4v) is 3.22. The van der Waals surface area contributed by atoms with Crippen molar-refractivity contribution < 1.29 is 23.8 Å². The van der Waals surface area contributed by atoms with Crippen LogP contribution in [-0.2, 0) is 12.8 Å². The Kier molecular flexibility index (Phi) is 6.86. The molecule has 5 nitrogen and oxygen atoms in total. The van der Waals surface area contributed by atoms with E-state index in [2.05, 4.69) is 0 Å². The molecule has 0 saturated heterocycles. The SMILES string of the molecule is COc1ccc(CCc2ccccc2C(=O)C(=O)c2cc(OC)cc(OC)c2)cc1. The fraction of sp³-hybridized carbons (Fsp3) is 0.200. The van der Waals surface area contributed by atoms with Gasteiger partial charge in [-0.25, -0.2) is 0 Å². The maximum Gasteiger partial charge on any atom is 0.233 e. The number of carbonyl (C=O) groups excluding carboxylic acids is 2. The largest absolute Gasteiger partial charge is 0.497 e. The van der Waals surface area contributed by atoms with Gasteiger partial charge in [0, 0.05) is 17.2 Å². The lowest BCUT2D eigenvalue weighted by molar-refractivity contribution is 0.0816. The van der Waals surface area contributed by atoms with Gasteiger partial charge in [0.1, 0.15) is 17.2 Å². The minimum atomic E-state index is -0.593. The normalized spacial score (nSPS) is 10.4. The average molecular weight is 404 g/mol. The van der Waals surface area contributed by atoms with Gasteiger partial charge >= 0.3 is 0 Å². The highest BCUT2D eigenvalue weighted by Gasteiger charge is 2.22. The van der Waals surface area contributed by atoms with Gasteiger partial charge in [0.2, 0.25) is 11.6 Å². The monoisotopic (exact) mass is 404 g/mol. The first-order chi connectivity index (χ1) is 14.5. The molecule has 154 valence electrons.